The highest BCUT2D eigenvalue weighted by Gasteiger charge is 2.28. The van der Waals surface area contributed by atoms with Crippen molar-refractivity contribution in [2.24, 2.45) is 0 Å². The highest BCUT2D eigenvalue weighted by molar-refractivity contribution is 6.30. The van der Waals surface area contributed by atoms with Gasteiger partial charge in [0.05, 0.1) is 17.8 Å². The van der Waals surface area contributed by atoms with Crippen LogP contribution in [0.1, 0.15) is 27.7 Å². The number of fused-ring (bicyclic) bond motifs is 1. The lowest BCUT2D eigenvalue weighted by molar-refractivity contribution is 0.0936. The third kappa shape index (κ3) is 3.55. The molecule has 0 spiro atoms. The maximum Gasteiger partial charge on any atom is 0.255 e. The molecule has 5 rings (SSSR count). The summed E-state index contributed by atoms with van der Waals surface area (Å²) in [7, 11) is 0. The van der Waals surface area contributed by atoms with E-state index in [0.717, 1.165) is 28.1 Å². The minimum absolute atomic E-state index is 0.0983. The van der Waals surface area contributed by atoms with E-state index in [2.05, 4.69) is 10.6 Å². The molecule has 0 unspecified atom stereocenters. The van der Waals surface area contributed by atoms with Gasteiger partial charge < -0.3 is 10.6 Å². The molecule has 30 heavy (non-hydrogen) atoms. The molecule has 1 aliphatic rings. The van der Waals surface area contributed by atoms with E-state index in [4.69, 9.17) is 16.7 Å². The summed E-state index contributed by atoms with van der Waals surface area (Å²) in [4.78, 5) is 12.7. The van der Waals surface area contributed by atoms with Gasteiger partial charge in [0.2, 0.25) is 0 Å². The Morgan fingerprint density at radius 3 is 2.43 bits per heavy atom. The van der Waals surface area contributed by atoms with Gasteiger partial charge in [0, 0.05) is 28.0 Å². The Morgan fingerprint density at radius 2 is 1.63 bits per heavy atom. The topological polar surface area (TPSA) is 59.0 Å². The van der Waals surface area contributed by atoms with Crippen LogP contribution in [0.5, 0.6) is 0 Å². The van der Waals surface area contributed by atoms with E-state index < -0.39 is 0 Å². The Kier molecular flexibility index (Phi) is 4.73. The number of hydrogen-bond donors (Lipinski definition) is 2. The number of benzene rings is 3. The summed E-state index contributed by atoms with van der Waals surface area (Å²) in [5.74, 6) is -0.0983. The summed E-state index contributed by atoms with van der Waals surface area (Å²) in [5.41, 5.74) is 5.30. The number of aromatic nitrogens is 2. The first-order valence-electron chi connectivity index (χ1n) is 9.71. The molecular formula is C24H19ClN4O. The van der Waals surface area contributed by atoms with Crippen LogP contribution in [-0.2, 0) is 6.54 Å². The SMILES string of the molecule is O=C1N[C@@H](c2cn(Cc3ccc(Cl)cc3)nc2-c2ccccc2)Nc2ccccc21. The van der Waals surface area contributed by atoms with E-state index in [1.54, 1.807) is 0 Å². The Hall–Kier alpha value is -3.57. The van der Waals surface area contributed by atoms with E-state index in [9.17, 15) is 4.79 Å². The van der Waals surface area contributed by atoms with Crippen LogP contribution in [0.3, 0.4) is 0 Å². The fraction of sp³-hybridized carbons (Fsp3) is 0.0833. The average Bonchev–Trinajstić information content (AvgIpc) is 3.20. The van der Waals surface area contributed by atoms with Gasteiger partial charge in [0.15, 0.2) is 0 Å². The maximum absolute atomic E-state index is 12.7. The van der Waals surface area contributed by atoms with E-state index >= 15 is 0 Å². The van der Waals surface area contributed by atoms with Gasteiger partial charge in [-0.2, -0.15) is 5.10 Å². The number of halogens is 1. The summed E-state index contributed by atoms with van der Waals surface area (Å²) >= 11 is 6.01. The molecule has 1 amide bonds. The summed E-state index contributed by atoms with van der Waals surface area (Å²) in [6.07, 6.45) is 1.62. The van der Waals surface area contributed by atoms with Crippen molar-refractivity contribution in [3.63, 3.8) is 0 Å². The molecule has 0 saturated carbocycles. The van der Waals surface area contributed by atoms with E-state index in [0.29, 0.717) is 17.1 Å². The van der Waals surface area contributed by atoms with Crippen molar-refractivity contribution < 1.29 is 4.79 Å². The van der Waals surface area contributed by atoms with Gasteiger partial charge in [0.25, 0.3) is 5.91 Å². The summed E-state index contributed by atoms with van der Waals surface area (Å²) in [6, 6.07) is 25.2. The van der Waals surface area contributed by atoms with Gasteiger partial charge in [-0.1, -0.05) is 66.2 Å². The summed E-state index contributed by atoms with van der Waals surface area (Å²) in [5, 5.41) is 12.1. The van der Waals surface area contributed by atoms with Crippen molar-refractivity contribution in [2.45, 2.75) is 12.7 Å². The third-order valence-electron chi connectivity index (χ3n) is 5.15. The lowest BCUT2D eigenvalue weighted by Gasteiger charge is -2.27. The normalized spacial score (nSPS) is 15.2. The first kappa shape index (κ1) is 18.5. The maximum atomic E-state index is 12.7. The number of amides is 1. The molecule has 2 N–H and O–H groups in total. The molecule has 6 heteroatoms. The molecule has 5 nitrogen and oxygen atoms in total. The van der Waals surface area contributed by atoms with Gasteiger partial charge >= 0.3 is 0 Å². The second kappa shape index (κ2) is 7.69. The van der Waals surface area contributed by atoms with Gasteiger partial charge in [-0.25, -0.2) is 0 Å². The first-order chi connectivity index (χ1) is 14.7. The molecule has 0 saturated heterocycles. The smallest absolute Gasteiger partial charge is 0.255 e. The molecule has 1 aliphatic heterocycles. The van der Waals surface area contributed by atoms with Crippen molar-refractivity contribution >= 4 is 23.2 Å². The van der Waals surface area contributed by atoms with Crippen molar-refractivity contribution in [3.05, 3.63) is 107 Å². The van der Waals surface area contributed by atoms with Gasteiger partial charge in [-0.3, -0.25) is 9.48 Å². The molecule has 0 bridgehead atoms. The van der Waals surface area contributed by atoms with Crippen molar-refractivity contribution in [1.29, 1.82) is 0 Å². The highest BCUT2D eigenvalue weighted by Crippen LogP contribution is 2.32. The Bertz CT molecular complexity index is 1200. The number of nitrogens with zero attached hydrogens (tertiary/aromatic N) is 2. The number of nitrogens with one attached hydrogen (secondary N) is 2. The molecule has 1 aromatic heterocycles. The van der Waals surface area contributed by atoms with Crippen LogP contribution < -0.4 is 10.6 Å². The van der Waals surface area contributed by atoms with Crippen LogP contribution in [0.2, 0.25) is 5.02 Å². The van der Waals surface area contributed by atoms with Crippen LogP contribution in [0.15, 0.2) is 85.1 Å². The monoisotopic (exact) mass is 414 g/mol. The molecule has 4 aromatic rings. The van der Waals surface area contributed by atoms with Crippen molar-refractivity contribution in [3.8, 4) is 11.3 Å². The second-order valence-electron chi connectivity index (χ2n) is 7.22. The molecule has 1 atom stereocenters. The first-order valence-corrected chi connectivity index (χ1v) is 10.1. The molecule has 148 valence electrons. The van der Waals surface area contributed by atoms with Crippen LogP contribution in [-0.4, -0.2) is 15.7 Å². The molecule has 3 aromatic carbocycles. The Labute approximate surface area is 179 Å². The predicted molar refractivity (Wildman–Crippen MR) is 118 cm³/mol. The van der Waals surface area contributed by atoms with Gasteiger partial charge in [-0.15, -0.1) is 0 Å². The van der Waals surface area contributed by atoms with E-state index in [1.807, 2.05) is 89.7 Å². The van der Waals surface area contributed by atoms with Crippen molar-refractivity contribution in [2.75, 3.05) is 5.32 Å². The fourth-order valence-electron chi connectivity index (χ4n) is 3.69. The molecule has 2 heterocycles. The number of rotatable bonds is 4. The average molecular weight is 415 g/mol. The minimum Gasteiger partial charge on any atom is -0.361 e. The fourth-order valence-corrected chi connectivity index (χ4v) is 3.82. The van der Waals surface area contributed by atoms with Crippen molar-refractivity contribution in [1.82, 2.24) is 15.1 Å². The number of carbonyl (C=O) groups excluding carboxylic acids is 1. The lowest BCUT2D eigenvalue weighted by Crippen LogP contribution is -2.38. The minimum atomic E-state index is -0.374. The van der Waals surface area contributed by atoms with Crippen LogP contribution in [0.4, 0.5) is 5.69 Å². The summed E-state index contributed by atoms with van der Waals surface area (Å²) < 4.78 is 1.90. The standard InChI is InChI=1S/C24H19ClN4O/c25-18-12-10-16(11-13-18)14-29-15-20(22(28-29)17-6-2-1-3-7-17)23-26-21-9-5-4-8-19(21)24(30)27-23/h1-13,15,23,26H,14H2,(H,27,30)/t23-/m0/s1. The highest BCUT2D eigenvalue weighted by atomic mass is 35.5. The molecule has 0 aliphatic carbocycles. The van der Waals surface area contributed by atoms with E-state index in [1.165, 1.54) is 0 Å². The zero-order chi connectivity index (χ0) is 20.5. The number of carbonyl (C=O) groups is 1. The number of para-hydroxylation sites is 1. The molecular weight excluding hydrogens is 396 g/mol. The van der Waals surface area contributed by atoms with E-state index in [-0.39, 0.29) is 12.1 Å². The zero-order valence-corrected chi connectivity index (χ0v) is 16.8. The third-order valence-corrected chi connectivity index (χ3v) is 5.40. The number of hydrogen-bond acceptors (Lipinski definition) is 3. The number of anilines is 1. The molecule has 0 fully saturated rings. The van der Waals surface area contributed by atoms with Crippen LogP contribution >= 0.6 is 11.6 Å². The molecule has 0 radical (unpaired) electrons. The van der Waals surface area contributed by atoms with Gasteiger partial charge in [-0.05, 0) is 29.8 Å². The zero-order valence-electron chi connectivity index (χ0n) is 16.0. The van der Waals surface area contributed by atoms with Gasteiger partial charge in [0.1, 0.15) is 6.17 Å². The summed E-state index contributed by atoms with van der Waals surface area (Å²) in [6.45, 7) is 0.605. The van der Waals surface area contributed by atoms with Crippen LogP contribution in [0, 0.1) is 0 Å². The van der Waals surface area contributed by atoms with Crippen LogP contribution in [0.25, 0.3) is 11.3 Å². The predicted octanol–water partition coefficient (Wildman–Crippen LogP) is 5.11. The quantitative estimate of drug-likeness (QED) is 0.488. The second-order valence-corrected chi connectivity index (χ2v) is 7.66. The largest absolute Gasteiger partial charge is 0.361 e. The Morgan fingerprint density at radius 1 is 0.900 bits per heavy atom. The lowest BCUT2D eigenvalue weighted by atomic mass is 10.0. The Balaban J connectivity index is 1.54.